The van der Waals surface area contributed by atoms with Crippen LogP contribution in [-0.4, -0.2) is 4.98 Å². The molecule has 378 valence electrons. The molecule has 1 heteroatoms. The smallest absolute Gasteiger partial charge is 0.0409 e. The van der Waals surface area contributed by atoms with E-state index in [9.17, 15) is 0 Å². The summed E-state index contributed by atoms with van der Waals surface area (Å²) in [7, 11) is 0. The monoisotopic (exact) mass is 892 g/mol. The van der Waals surface area contributed by atoms with Gasteiger partial charge < -0.3 is 0 Å². The molecule has 0 N–H and O–H groups in total. The van der Waals surface area contributed by atoms with Gasteiger partial charge in [0.2, 0.25) is 0 Å². The highest BCUT2D eigenvalue weighted by atomic mass is 14.7. The van der Waals surface area contributed by atoms with Gasteiger partial charge in [0.1, 0.15) is 0 Å². The van der Waals surface area contributed by atoms with E-state index in [-0.39, 0.29) is 0 Å². The molecule has 0 fully saturated rings. The molecule has 1 heterocycles. The lowest BCUT2D eigenvalue weighted by molar-refractivity contribution is 0.515. The van der Waals surface area contributed by atoms with E-state index in [1.165, 1.54) is 364 Å². The number of pyridine rings is 1. The van der Waals surface area contributed by atoms with Gasteiger partial charge in [-0.25, -0.2) is 0 Å². The number of unbranched alkanes of at least 4 members (excludes halogenated alkanes) is 50. The van der Waals surface area contributed by atoms with Gasteiger partial charge >= 0.3 is 0 Å². The number of aryl methyl sites for hydroxylation is 3. The summed E-state index contributed by atoms with van der Waals surface area (Å²) < 4.78 is 0. The maximum Gasteiger partial charge on any atom is 0.0409 e. The first kappa shape index (κ1) is 61.2. The lowest BCUT2D eigenvalue weighted by atomic mass is 10.0. The molecule has 1 aromatic heterocycles. The van der Waals surface area contributed by atoms with Crippen molar-refractivity contribution in [2.45, 2.75) is 374 Å². The minimum absolute atomic E-state index is 1.14. The molecule has 0 amide bonds. The predicted octanol–water partition coefficient (Wildman–Crippen LogP) is 23.1. The van der Waals surface area contributed by atoms with Crippen LogP contribution in [0.25, 0.3) is 0 Å². The summed E-state index contributed by atoms with van der Waals surface area (Å²) >= 11 is 0. The van der Waals surface area contributed by atoms with Gasteiger partial charge in [-0.3, -0.25) is 4.98 Å². The summed E-state index contributed by atoms with van der Waals surface area (Å²) in [6.07, 6.45) is 79.4. The first-order valence-corrected chi connectivity index (χ1v) is 30.8. The zero-order chi connectivity index (χ0) is 45.7. The van der Waals surface area contributed by atoms with Crippen LogP contribution in [0.2, 0.25) is 0 Å². The summed E-state index contributed by atoms with van der Waals surface area (Å²) in [6.45, 7) is 6.94. The molecule has 0 aliphatic carbocycles. The second-order valence-corrected chi connectivity index (χ2v) is 21.5. The van der Waals surface area contributed by atoms with Gasteiger partial charge in [-0.15, -0.1) is 0 Å². The fraction of sp³-hybridized carbons (Fsp3) is 0.921. The van der Waals surface area contributed by atoms with Gasteiger partial charge in [0.25, 0.3) is 0 Å². The number of nitrogens with zero attached hydrogens (tertiary/aromatic N) is 1. The predicted molar refractivity (Wildman–Crippen MR) is 292 cm³/mol. The molecule has 64 heavy (non-hydrogen) atoms. The van der Waals surface area contributed by atoms with Crippen molar-refractivity contribution in [1.82, 2.24) is 4.98 Å². The van der Waals surface area contributed by atoms with Crippen molar-refractivity contribution < 1.29 is 0 Å². The van der Waals surface area contributed by atoms with Crippen LogP contribution in [0.4, 0.5) is 0 Å². The Hall–Kier alpha value is -0.850. The normalized spacial score (nSPS) is 11.7. The highest BCUT2D eigenvalue weighted by Gasteiger charge is 2.05. The molecule has 0 aliphatic rings. The van der Waals surface area contributed by atoms with Gasteiger partial charge in [0, 0.05) is 11.4 Å². The van der Waals surface area contributed by atoms with Crippen molar-refractivity contribution in [3.05, 3.63) is 29.1 Å². The van der Waals surface area contributed by atoms with Crippen LogP contribution >= 0.6 is 0 Å². The first-order chi connectivity index (χ1) is 31.8. The number of hydrogen-bond donors (Lipinski definition) is 0. The molecule has 1 nitrogen and oxygen atoms in total. The van der Waals surface area contributed by atoms with Gasteiger partial charge in [-0.05, 0) is 49.8 Å². The lowest BCUT2D eigenvalue weighted by Crippen LogP contribution is -1.99. The van der Waals surface area contributed by atoms with E-state index in [4.69, 9.17) is 4.98 Å². The third kappa shape index (κ3) is 46.3. The largest absolute Gasteiger partial charge is 0.258 e. The molecular formula is C63H121N. The highest BCUT2D eigenvalue weighted by molar-refractivity contribution is 5.22. The van der Waals surface area contributed by atoms with Crippen LogP contribution < -0.4 is 0 Å². The molecule has 1 rings (SSSR count). The second-order valence-electron chi connectivity index (χ2n) is 21.5. The Morgan fingerprint density at radius 3 is 0.531 bits per heavy atom. The molecule has 0 saturated carbocycles. The quantitative estimate of drug-likeness (QED) is 0.0594. The maximum atomic E-state index is 5.15. The average molecular weight is 893 g/mol. The average Bonchev–Trinajstić information content (AvgIpc) is 3.31. The molecule has 0 bridgehead atoms. The summed E-state index contributed by atoms with van der Waals surface area (Å²) in [5.41, 5.74) is 4.24. The minimum atomic E-state index is 1.14. The highest BCUT2D eigenvalue weighted by Crippen LogP contribution is 2.20. The fourth-order valence-electron chi connectivity index (χ4n) is 10.4. The molecule has 0 saturated heterocycles. The molecule has 0 spiro atoms. The van der Waals surface area contributed by atoms with Gasteiger partial charge in [0.15, 0.2) is 0 Å². The first-order valence-electron chi connectivity index (χ1n) is 30.8. The van der Waals surface area contributed by atoms with Crippen LogP contribution in [0.3, 0.4) is 0 Å². The van der Waals surface area contributed by atoms with E-state index < -0.39 is 0 Å². The van der Waals surface area contributed by atoms with Crippen LogP contribution in [0.5, 0.6) is 0 Å². The number of hydrogen-bond acceptors (Lipinski definition) is 1. The summed E-state index contributed by atoms with van der Waals surface area (Å²) in [5.74, 6) is 0. The third-order valence-corrected chi connectivity index (χ3v) is 15.0. The summed E-state index contributed by atoms with van der Waals surface area (Å²) in [4.78, 5) is 5.15. The summed E-state index contributed by atoms with van der Waals surface area (Å²) in [6, 6.07) is 4.81. The molecule has 0 atom stereocenters. The Balaban J connectivity index is 1.83. The number of aromatic nitrogens is 1. The molecule has 0 unspecified atom stereocenters. The Morgan fingerprint density at radius 2 is 0.375 bits per heavy atom. The minimum Gasteiger partial charge on any atom is -0.258 e. The maximum absolute atomic E-state index is 5.15. The fourth-order valence-corrected chi connectivity index (χ4v) is 10.4. The van der Waals surface area contributed by atoms with Crippen LogP contribution in [-0.2, 0) is 19.3 Å². The number of rotatable bonds is 55. The van der Waals surface area contributed by atoms with Crippen molar-refractivity contribution in [1.29, 1.82) is 0 Å². The van der Waals surface area contributed by atoms with Crippen molar-refractivity contribution in [2.24, 2.45) is 0 Å². The molecular weight excluding hydrogens is 771 g/mol. The topological polar surface area (TPSA) is 12.9 Å². The zero-order valence-electron chi connectivity index (χ0n) is 45.0. The van der Waals surface area contributed by atoms with Crippen LogP contribution in [0, 0.1) is 0 Å². The third-order valence-electron chi connectivity index (χ3n) is 15.0. The van der Waals surface area contributed by atoms with Crippen molar-refractivity contribution in [3.63, 3.8) is 0 Å². The van der Waals surface area contributed by atoms with Gasteiger partial charge in [-0.1, -0.05) is 342 Å². The molecule has 1 aromatic rings. The van der Waals surface area contributed by atoms with E-state index in [0.29, 0.717) is 0 Å². The Bertz CT molecular complexity index is 923. The van der Waals surface area contributed by atoms with Crippen molar-refractivity contribution in [2.75, 3.05) is 0 Å². The van der Waals surface area contributed by atoms with Crippen molar-refractivity contribution in [3.8, 4) is 0 Å². The van der Waals surface area contributed by atoms with E-state index in [1.54, 1.807) is 0 Å². The van der Waals surface area contributed by atoms with E-state index >= 15 is 0 Å². The Kier molecular flexibility index (Phi) is 50.8. The SMILES string of the molecule is CCCCCCCCCCCCCCCCCCCCCCCCCCCCc1cc(CC)cc(CCCCCCCCCCCCCCCCCCCCCCCCCCCC)n1. The van der Waals surface area contributed by atoms with Gasteiger partial charge in [0.05, 0.1) is 0 Å². The Morgan fingerprint density at radius 1 is 0.219 bits per heavy atom. The second kappa shape index (κ2) is 53.1. The van der Waals surface area contributed by atoms with E-state index in [1.807, 2.05) is 0 Å². The van der Waals surface area contributed by atoms with E-state index in [2.05, 4.69) is 32.9 Å². The molecule has 0 aromatic carbocycles. The van der Waals surface area contributed by atoms with Crippen molar-refractivity contribution >= 4 is 0 Å². The standard InChI is InChI=1S/C63H121N/c1-4-7-9-11-13-15-17-19-21-23-25-27-29-31-33-35-37-39-41-43-45-47-49-51-53-55-57-62-59-61(6-3)60-63(64-62)58-56-54-52-50-48-46-44-42-40-38-36-34-32-30-28-26-24-22-20-18-16-14-12-10-8-5-2/h59-60H,4-58H2,1-3H3. The molecule has 0 radical (unpaired) electrons. The zero-order valence-corrected chi connectivity index (χ0v) is 45.0. The Labute approximate surface area is 406 Å². The van der Waals surface area contributed by atoms with Crippen LogP contribution in [0.15, 0.2) is 12.1 Å². The molecule has 0 aliphatic heterocycles. The van der Waals surface area contributed by atoms with Gasteiger partial charge in [-0.2, -0.15) is 0 Å². The lowest BCUT2D eigenvalue weighted by Gasteiger charge is -2.09. The van der Waals surface area contributed by atoms with Crippen LogP contribution in [0.1, 0.15) is 372 Å². The van der Waals surface area contributed by atoms with E-state index in [0.717, 1.165) is 6.42 Å². The summed E-state index contributed by atoms with van der Waals surface area (Å²) in [5, 5.41) is 0.